The first-order chi connectivity index (χ1) is 10.5. The van der Waals surface area contributed by atoms with Gasteiger partial charge in [-0.1, -0.05) is 29.3 Å². The minimum atomic E-state index is 0. The van der Waals surface area contributed by atoms with E-state index in [0.29, 0.717) is 22.5 Å². The Morgan fingerprint density at radius 3 is 2.70 bits per heavy atom. The van der Waals surface area contributed by atoms with Gasteiger partial charge < -0.3 is 10.6 Å². The van der Waals surface area contributed by atoms with Gasteiger partial charge in [0.05, 0.1) is 17.6 Å². The number of halogens is 3. The maximum Gasteiger partial charge on any atom is 0.191 e. The van der Waals surface area contributed by atoms with Crippen LogP contribution in [0.25, 0.3) is 0 Å². The molecule has 0 amide bonds. The summed E-state index contributed by atoms with van der Waals surface area (Å²) < 4.78 is 0. The first-order valence-electron chi connectivity index (χ1n) is 6.83. The van der Waals surface area contributed by atoms with E-state index < -0.39 is 0 Å². The second kappa shape index (κ2) is 9.66. The minimum Gasteiger partial charge on any atom is -0.351 e. The van der Waals surface area contributed by atoms with Gasteiger partial charge in [0.15, 0.2) is 5.96 Å². The molecule has 2 rings (SSSR count). The molecular weight excluding hydrogens is 466 g/mol. The summed E-state index contributed by atoms with van der Waals surface area (Å²) in [7, 11) is 1.74. The van der Waals surface area contributed by atoms with Crippen LogP contribution in [0.5, 0.6) is 0 Å². The maximum atomic E-state index is 6.24. The van der Waals surface area contributed by atoms with Crippen molar-refractivity contribution in [1.82, 2.24) is 15.6 Å². The van der Waals surface area contributed by atoms with Gasteiger partial charge in [-0.05, 0) is 31.5 Å². The molecule has 1 heterocycles. The lowest BCUT2D eigenvalue weighted by molar-refractivity contribution is 0.686. The highest BCUT2D eigenvalue weighted by atomic mass is 127. The average molecular weight is 485 g/mol. The van der Waals surface area contributed by atoms with E-state index in [-0.39, 0.29) is 30.0 Å². The largest absolute Gasteiger partial charge is 0.351 e. The molecule has 2 aromatic rings. The lowest BCUT2D eigenvalue weighted by Crippen LogP contribution is -2.38. The van der Waals surface area contributed by atoms with Gasteiger partial charge in [0.2, 0.25) is 0 Å². The molecule has 2 N–H and O–H groups in total. The topological polar surface area (TPSA) is 49.3 Å². The summed E-state index contributed by atoms with van der Waals surface area (Å²) in [5, 5.41) is 8.91. The quantitative estimate of drug-likeness (QED) is 0.372. The number of thiazole rings is 1. The molecule has 1 aromatic heterocycles. The second-order valence-corrected chi connectivity index (χ2v) is 6.97. The van der Waals surface area contributed by atoms with Gasteiger partial charge >= 0.3 is 0 Å². The molecule has 0 aliphatic carbocycles. The van der Waals surface area contributed by atoms with Crippen LogP contribution in [0.3, 0.4) is 0 Å². The fourth-order valence-electron chi connectivity index (χ4n) is 1.99. The number of nitrogens with zero attached hydrogens (tertiary/aromatic N) is 2. The number of guanidine groups is 1. The molecule has 0 spiro atoms. The van der Waals surface area contributed by atoms with Crippen molar-refractivity contribution in [3.05, 3.63) is 49.9 Å². The number of nitrogens with one attached hydrogen (secondary N) is 2. The number of aliphatic imine (C=N–C) groups is 1. The van der Waals surface area contributed by atoms with Crippen LogP contribution in [-0.4, -0.2) is 18.0 Å². The molecular formula is C15H19Cl2IN4S. The Hall–Kier alpha value is -0.570. The summed E-state index contributed by atoms with van der Waals surface area (Å²) in [6, 6.07) is 5.51. The van der Waals surface area contributed by atoms with Gasteiger partial charge in [0.25, 0.3) is 0 Å². The number of benzene rings is 1. The van der Waals surface area contributed by atoms with Crippen molar-refractivity contribution < 1.29 is 0 Å². The van der Waals surface area contributed by atoms with Crippen LogP contribution in [0.2, 0.25) is 10.0 Å². The van der Waals surface area contributed by atoms with Crippen molar-refractivity contribution in [3.63, 3.8) is 0 Å². The van der Waals surface area contributed by atoms with E-state index in [0.717, 1.165) is 15.4 Å². The summed E-state index contributed by atoms with van der Waals surface area (Å²) in [5.41, 5.74) is 0.975. The Labute approximate surface area is 167 Å². The van der Waals surface area contributed by atoms with Crippen LogP contribution in [0, 0.1) is 6.92 Å². The number of hydrogen-bond donors (Lipinski definition) is 2. The van der Waals surface area contributed by atoms with Gasteiger partial charge in [0.1, 0.15) is 0 Å². The third kappa shape index (κ3) is 6.10. The first kappa shape index (κ1) is 20.5. The van der Waals surface area contributed by atoms with E-state index in [4.69, 9.17) is 23.2 Å². The Kier molecular flexibility index (Phi) is 8.60. The lowest BCUT2D eigenvalue weighted by atomic mass is 10.1. The van der Waals surface area contributed by atoms with E-state index >= 15 is 0 Å². The zero-order valence-electron chi connectivity index (χ0n) is 13.1. The molecule has 8 heteroatoms. The Morgan fingerprint density at radius 2 is 2.13 bits per heavy atom. The number of rotatable bonds is 4. The van der Waals surface area contributed by atoms with E-state index in [2.05, 4.69) is 20.6 Å². The molecule has 1 aromatic carbocycles. The van der Waals surface area contributed by atoms with Crippen molar-refractivity contribution >= 4 is 64.5 Å². The highest BCUT2D eigenvalue weighted by molar-refractivity contribution is 14.0. The van der Waals surface area contributed by atoms with Gasteiger partial charge in [-0.3, -0.25) is 4.99 Å². The smallest absolute Gasteiger partial charge is 0.191 e. The predicted octanol–water partition coefficient (Wildman–Crippen LogP) is 4.80. The molecule has 0 bridgehead atoms. The van der Waals surface area contributed by atoms with Crippen LogP contribution in [0.1, 0.15) is 28.4 Å². The molecule has 0 saturated carbocycles. The normalized spacial score (nSPS) is 12.5. The molecule has 0 aliphatic rings. The van der Waals surface area contributed by atoms with Crippen molar-refractivity contribution in [2.45, 2.75) is 26.4 Å². The van der Waals surface area contributed by atoms with E-state index in [9.17, 15) is 0 Å². The highest BCUT2D eigenvalue weighted by Gasteiger charge is 2.12. The molecule has 0 radical (unpaired) electrons. The molecule has 1 unspecified atom stereocenters. The summed E-state index contributed by atoms with van der Waals surface area (Å²) in [4.78, 5) is 9.63. The maximum absolute atomic E-state index is 6.24. The Morgan fingerprint density at radius 1 is 1.39 bits per heavy atom. The monoisotopic (exact) mass is 484 g/mol. The zero-order valence-corrected chi connectivity index (χ0v) is 17.7. The van der Waals surface area contributed by atoms with Crippen molar-refractivity contribution in [3.8, 4) is 0 Å². The van der Waals surface area contributed by atoms with E-state index in [1.165, 1.54) is 0 Å². The minimum absolute atomic E-state index is 0. The molecule has 0 fully saturated rings. The number of aryl methyl sites for hydroxylation is 1. The third-order valence-electron chi connectivity index (χ3n) is 3.11. The Bertz CT molecular complexity index is 675. The molecule has 23 heavy (non-hydrogen) atoms. The van der Waals surface area contributed by atoms with Crippen molar-refractivity contribution in [1.29, 1.82) is 0 Å². The predicted molar refractivity (Wildman–Crippen MR) is 110 cm³/mol. The van der Waals surface area contributed by atoms with E-state index in [1.54, 1.807) is 24.5 Å². The van der Waals surface area contributed by atoms with Gasteiger partial charge in [-0.25, -0.2) is 4.98 Å². The molecule has 0 saturated heterocycles. The summed E-state index contributed by atoms with van der Waals surface area (Å²) in [6.45, 7) is 4.71. The summed E-state index contributed by atoms with van der Waals surface area (Å²) >= 11 is 13.8. The first-order valence-corrected chi connectivity index (χ1v) is 8.40. The van der Waals surface area contributed by atoms with Gasteiger partial charge in [0, 0.05) is 28.2 Å². The summed E-state index contributed by atoms with van der Waals surface area (Å²) in [6.07, 6.45) is 1.87. The zero-order chi connectivity index (χ0) is 16.1. The van der Waals surface area contributed by atoms with Crippen molar-refractivity contribution in [2.24, 2.45) is 4.99 Å². The van der Waals surface area contributed by atoms with Gasteiger partial charge in [-0.15, -0.1) is 35.3 Å². The molecule has 0 aliphatic heterocycles. The van der Waals surface area contributed by atoms with Crippen LogP contribution >= 0.6 is 58.5 Å². The second-order valence-electron chi connectivity index (χ2n) is 4.80. The van der Waals surface area contributed by atoms with E-state index in [1.807, 2.05) is 32.2 Å². The van der Waals surface area contributed by atoms with Crippen LogP contribution < -0.4 is 10.6 Å². The Balaban J connectivity index is 0.00000264. The number of hydrogen-bond acceptors (Lipinski definition) is 3. The third-order valence-corrected chi connectivity index (χ3v) is 4.58. The van der Waals surface area contributed by atoms with Gasteiger partial charge in [-0.2, -0.15) is 0 Å². The standard InChI is InChI=1S/C15H18Cl2N4S.HI/c1-9(13-5-4-11(16)6-14(13)17)21-15(18-3)20-8-12-7-19-10(2)22-12;/h4-7,9H,8H2,1-3H3,(H2,18,20,21);1H. The van der Waals surface area contributed by atoms with Crippen LogP contribution in [-0.2, 0) is 6.54 Å². The summed E-state index contributed by atoms with van der Waals surface area (Å²) in [5.74, 6) is 0.713. The average Bonchev–Trinajstić information content (AvgIpc) is 2.88. The van der Waals surface area contributed by atoms with Crippen LogP contribution in [0.15, 0.2) is 29.4 Å². The SMILES string of the molecule is CN=C(NCc1cnc(C)s1)NC(C)c1ccc(Cl)cc1Cl.I. The lowest BCUT2D eigenvalue weighted by Gasteiger charge is -2.19. The molecule has 4 nitrogen and oxygen atoms in total. The molecule has 1 atom stereocenters. The highest BCUT2D eigenvalue weighted by Crippen LogP contribution is 2.26. The fourth-order valence-corrected chi connectivity index (χ4v) is 3.29. The number of aromatic nitrogens is 1. The fraction of sp³-hybridized carbons (Fsp3) is 0.333. The van der Waals surface area contributed by atoms with Crippen molar-refractivity contribution in [2.75, 3.05) is 7.05 Å². The molecule has 126 valence electrons. The van der Waals surface area contributed by atoms with Crippen LogP contribution in [0.4, 0.5) is 0 Å².